The largest absolute Gasteiger partial charge is 0.224 e. The van der Waals surface area contributed by atoms with Gasteiger partial charge in [0.05, 0.1) is 4.90 Å². The Morgan fingerprint density at radius 2 is 1.79 bits per heavy atom. The lowest BCUT2D eigenvalue weighted by atomic mass is 10.2. The van der Waals surface area contributed by atoms with Crippen LogP contribution in [0.3, 0.4) is 0 Å². The molecule has 0 unspecified atom stereocenters. The Morgan fingerprint density at radius 3 is 2.21 bits per heavy atom. The number of aryl methyl sites for hydroxylation is 1. The van der Waals surface area contributed by atoms with E-state index in [1.807, 2.05) is 26.8 Å². The van der Waals surface area contributed by atoms with Gasteiger partial charge in [-0.3, -0.25) is 0 Å². The topological polar surface area (TPSA) is 34.1 Å². The van der Waals surface area contributed by atoms with Gasteiger partial charge in [-0.25, -0.2) is 8.42 Å². The van der Waals surface area contributed by atoms with Gasteiger partial charge in [0, 0.05) is 6.26 Å². The summed E-state index contributed by atoms with van der Waals surface area (Å²) in [4.78, 5) is 0.404. The fourth-order valence-electron chi connectivity index (χ4n) is 0.996. The van der Waals surface area contributed by atoms with Crippen LogP contribution < -0.4 is 0 Å². The first kappa shape index (κ1) is 13.2. The van der Waals surface area contributed by atoms with Crippen LogP contribution in [-0.2, 0) is 16.3 Å². The molecule has 1 aromatic rings. The lowest BCUT2D eigenvalue weighted by Crippen LogP contribution is -1.97. The summed E-state index contributed by atoms with van der Waals surface area (Å²) < 4.78 is 22.2. The van der Waals surface area contributed by atoms with Crippen LogP contribution >= 0.6 is 0 Å². The summed E-state index contributed by atoms with van der Waals surface area (Å²) in [5, 5.41) is 0. The molecule has 0 bridgehead atoms. The maximum absolute atomic E-state index is 11.1. The zero-order chi connectivity index (χ0) is 11.2. The normalized spacial score (nSPS) is 10.3. The summed E-state index contributed by atoms with van der Waals surface area (Å²) in [6, 6.07) is 7.04. The molecule has 0 aliphatic rings. The van der Waals surface area contributed by atoms with E-state index in [4.69, 9.17) is 0 Å². The number of hydrogen-bond acceptors (Lipinski definition) is 2. The molecule has 2 nitrogen and oxygen atoms in total. The van der Waals surface area contributed by atoms with E-state index in [9.17, 15) is 8.42 Å². The van der Waals surface area contributed by atoms with Gasteiger partial charge in [-0.05, 0) is 24.1 Å². The molecule has 0 radical (unpaired) electrons. The Kier molecular flexibility index (Phi) is 5.46. The Hall–Kier alpha value is -0.830. The fourth-order valence-corrected chi connectivity index (χ4v) is 1.69. The molecule has 0 atom stereocenters. The highest BCUT2D eigenvalue weighted by Gasteiger charge is 2.05. The number of sulfone groups is 1. The molecule has 0 aliphatic heterocycles. The molecule has 0 fully saturated rings. The molecule has 3 heteroatoms. The molecule has 0 amide bonds. The van der Waals surface area contributed by atoms with Crippen molar-refractivity contribution in [2.75, 3.05) is 6.26 Å². The second-order valence-corrected chi connectivity index (χ2v) is 4.79. The van der Waals surface area contributed by atoms with E-state index in [1.54, 1.807) is 18.2 Å². The molecule has 0 aromatic heterocycles. The molecule has 0 aliphatic carbocycles. The van der Waals surface area contributed by atoms with Crippen molar-refractivity contribution in [3.8, 4) is 0 Å². The minimum absolute atomic E-state index is 0.404. The van der Waals surface area contributed by atoms with Gasteiger partial charge in [-0.2, -0.15) is 0 Å². The Labute approximate surface area is 86.9 Å². The molecular formula is C11H18O2S. The van der Waals surface area contributed by atoms with Gasteiger partial charge < -0.3 is 0 Å². The molecule has 0 N–H and O–H groups in total. The second-order valence-electron chi connectivity index (χ2n) is 2.77. The molecule has 80 valence electrons. The van der Waals surface area contributed by atoms with Crippen molar-refractivity contribution in [1.29, 1.82) is 0 Å². The smallest absolute Gasteiger partial charge is 0.175 e. The lowest BCUT2D eigenvalue weighted by Gasteiger charge is -2.00. The summed E-state index contributed by atoms with van der Waals surface area (Å²) in [6.45, 7) is 6.00. The zero-order valence-electron chi connectivity index (χ0n) is 9.24. The summed E-state index contributed by atoms with van der Waals surface area (Å²) in [5.74, 6) is 0. The van der Waals surface area contributed by atoms with Gasteiger partial charge in [-0.15, -0.1) is 0 Å². The lowest BCUT2D eigenvalue weighted by molar-refractivity contribution is 0.601. The molecule has 14 heavy (non-hydrogen) atoms. The number of hydrogen-bond donors (Lipinski definition) is 0. The summed E-state index contributed by atoms with van der Waals surface area (Å²) >= 11 is 0. The molecular weight excluding hydrogens is 196 g/mol. The van der Waals surface area contributed by atoms with Gasteiger partial charge in [0.15, 0.2) is 9.84 Å². The van der Waals surface area contributed by atoms with Crippen LogP contribution in [0.1, 0.15) is 26.3 Å². The zero-order valence-corrected chi connectivity index (χ0v) is 10.1. The van der Waals surface area contributed by atoms with Crippen LogP contribution in [0.4, 0.5) is 0 Å². The predicted molar refractivity (Wildman–Crippen MR) is 60.3 cm³/mol. The second kappa shape index (κ2) is 5.81. The first-order chi connectivity index (χ1) is 6.54. The molecule has 0 heterocycles. The average molecular weight is 214 g/mol. The van der Waals surface area contributed by atoms with Crippen molar-refractivity contribution in [1.82, 2.24) is 0 Å². The molecule has 0 saturated carbocycles. The van der Waals surface area contributed by atoms with Crippen LogP contribution in [0.25, 0.3) is 0 Å². The van der Waals surface area contributed by atoms with Crippen LogP contribution in [0.2, 0.25) is 0 Å². The van der Waals surface area contributed by atoms with Crippen LogP contribution in [0.15, 0.2) is 29.2 Å². The van der Waals surface area contributed by atoms with Crippen molar-refractivity contribution in [2.45, 2.75) is 32.1 Å². The van der Waals surface area contributed by atoms with E-state index in [2.05, 4.69) is 0 Å². The van der Waals surface area contributed by atoms with E-state index in [1.165, 1.54) is 6.26 Å². The highest BCUT2D eigenvalue weighted by molar-refractivity contribution is 7.90. The van der Waals surface area contributed by atoms with Gasteiger partial charge in [0.1, 0.15) is 0 Å². The van der Waals surface area contributed by atoms with E-state index in [0.717, 1.165) is 12.0 Å². The van der Waals surface area contributed by atoms with Gasteiger partial charge in [0.2, 0.25) is 0 Å². The third-order valence-corrected chi connectivity index (χ3v) is 2.85. The summed E-state index contributed by atoms with van der Waals surface area (Å²) in [7, 11) is -3.04. The van der Waals surface area contributed by atoms with Gasteiger partial charge in [0.25, 0.3) is 0 Å². The Bertz CT molecular complexity index is 367. The molecule has 1 rings (SSSR count). The first-order valence-corrected chi connectivity index (χ1v) is 6.72. The van der Waals surface area contributed by atoms with Gasteiger partial charge >= 0.3 is 0 Å². The van der Waals surface area contributed by atoms with Crippen molar-refractivity contribution >= 4 is 9.84 Å². The Morgan fingerprint density at radius 1 is 1.21 bits per heavy atom. The predicted octanol–water partition coefficient (Wildman–Crippen LogP) is 2.68. The average Bonchev–Trinajstić information content (AvgIpc) is 2.20. The van der Waals surface area contributed by atoms with Crippen LogP contribution in [-0.4, -0.2) is 14.7 Å². The van der Waals surface area contributed by atoms with E-state index < -0.39 is 9.84 Å². The van der Waals surface area contributed by atoms with Crippen LogP contribution in [0.5, 0.6) is 0 Å². The number of benzene rings is 1. The monoisotopic (exact) mass is 214 g/mol. The maximum atomic E-state index is 11.1. The summed E-state index contributed by atoms with van der Waals surface area (Å²) in [6.07, 6.45) is 2.09. The van der Waals surface area contributed by atoms with E-state index in [-0.39, 0.29) is 0 Å². The summed E-state index contributed by atoms with van der Waals surface area (Å²) in [5.41, 5.74) is 1.05. The van der Waals surface area contributed by atoms with E-state index >= 15 is 0 Å². The van der Waals surface area contributed by atoms with Gasteiger partial charge in [-0.1, -0.05) is 32.9 Å². The third kappa shape index (κ3) is 3.92. The highest BCUT2D eigenvalue weighted by atomic mass is 32.2. The molecule has 0 spiro atoms. The molecule has 0 saturated heterocycles. The highest BCUT2D eigenvalue weighted by Crippen LogP contribution is 2.11. The Balaban J connectivity index is 0.000000791. The van der Waals surface area contributed by atoms with Crippen LogP contribution in [0, 0.1) is 0 Å². The standard InChI is InChI=1S/C9H12O2S.C2H6/c1-3-8-5-4-6-9(7-8)12(2,10)11;1-2/h4-7H,3H2,1-2H3;1-2H3. The van der Waals surface area contributed by atoms with Crippen molar-refractivity contribution in [3.05, 3.63) is 29.8 Å². The third-order valence-electron chi connectivity index (χ3n) is 1.73. The first-order valence-electron chi connectivity index (χ1n) is 4.83. The van der Waals surface area contributed by atoms with Crippen molar-refractivity contribution in [2.24, 2.45) is 0 Å². The number of rotatable bonds is 2. The van der Waals surface area contributed by atoms with Crippen molar-refractivity contribution in [3.63, 3.8) is 0 Å². The quantitative estimate of drug-likeness (QED) is 0.758. The SMILES string of the molecule is CC.CCc1cccc(S(C)(=O)=O)c1. The van der Waals surface area contributed by atoms with Crippen molar-refractivity contribution < 1.29 is 8.42 Å². The molecule has 1 aromatic carbocycles. The minimum atomic E-state index is -3.04. The maximum Gasteiger partial charge on any atom is 0.175 e. The van der Waals surface area contributed by atoms with E-state index in [0.29, 0.717) is 4.90 Å². The fraction of sp³-hybridized carbons (Fsp3) is 0.455. The minimum Gasteiger partial charge on any atom is -0.224 e.